The molecule has 0 fully saturated rings. The van der Waals surface area contributed by atoms with Crippen molar-refractivity contribution in [2.75, 3.05) is 6.61 Å². The molecular formula is C30H61NO5. The third kappa shape index (κ3) is 20.4. The molecule has 0 aromatic carbocycles. The SMILES string of the molecule is CCCCCCCCCCCCCCCCCCCC(O)C(=O)NC(CO)C(O)C(O)CCCCC. The first-order chi connectivity index (χ1) is 17.5. The molecule has 0 aromatic heterocycles. The van der Waals surface area contributed by atoms with E-state index in [2.05, 4.69) is 19.2 Å². The maximum Gasteiger partial charge on any atom is 0.249 e. The summed E-state index contributed by atoms with van der Waals surface area (Å²) in [4.78, 5) is 12.2. The molecule has 0 aliphatic rings. The first-order valence-electron chi connectivity index (χ1n) is 15.4. The fourth-order valence-corrected chi connectivity index (χ4v) is 4.75. The minimum absolute atomic E-state index is 0.373. The number of unbranched alkanes of at least 4 members (excludes halogenated alkanes) is 18. The number of carbonyl (C=O) groups excluding carboxylic acids is 1. The fourth-order valence-electron chi connectivity index (χ4n) is 4.75. The molecule has 6 nitrogen and oxygen atoms in total. The molecule has 0 rings (SSSR count). The Morgan fingerprint density at radius 1 is 0.583 bits per heavy atom. The van der Waals surface area contributed by atoms with Crippen molar-refractivity contribution < 1.29 is 25.2 Å². The summed E-state index contributed by atoms with van der Waals surface area (Å²) in [6.45, 7) is 3.84. The molecule has 36 heavy (non-hydrogen) atoms. The smallest absolute Gasteiger partial charge is 0.249 e. The Bertz CT molecular complexity index is 476. The lowest BCUT2D eigenvalue weighted by atomic mass is 10.00. The molecule has 0 heterocycles. The van der Waals surface area contributed by atoms with Crippen LogP contribution in [0.3, 0.4) is 0 Å². The summed E-state index contributed by atoms with van der Waals surface area (Å²) < 4.78 is 0. The summed E-state index contributed by atoms with van der Waals surface area (Å²) in [5, 5.41) is 42.5. The Labute approximate surface area is 222 Å². The Hall–Kier alpha value is -0.690. The van der Waals surface area contributed by atoms with Crippen LogP contribution in [0.5, 0.6) is 0 Å². The summed E-state index contributed by atoms with van der Waals surface area (Å²) in [6, 6.07) is -0.973. The van der Waals surface area contributed by atoms with E-state index in [4.69, 9.17) is 0 Å². The number of aliphatic hydroxyl groups is 4. The molecule has 0 aromatic rings. The van der Waals surface area contributed by atoms with Crippen molar-refractivity contribution in [3.63, 3.8) is 0 Å². The van der Waals surface area contributed by atoms with E-state index >= 15 is 0 Å². The summed E-state index contributed by atoms with van der Waals surface area (Å²) in [6.07, 6.45) is 22.0. The number of rotatable bonds is 27. The minimum Gasteiger partial charge on any atom is -0.394 e. The van der Waals surface area contributed by atoms with Gasteiger partial charge in [0.25, 0.3) is 0 Å². The Morgan fingerprint density at radius 3 is 1.36 bits per heavy atom. The zero-order chi connectivity index (χ0) is 26.9. The maximum atomic E-state index is 12.2. The minimum atomic E-state index is -1.25. The summed E-state index contributed by atoms with van der Waals surface area (Å²) in [5.74, 6) is -0.592. The number of nitrogens with one attached hydrogen (secondary N) is 1. The van der Waals surface area contributed by atoms with Gasteiger partial charge < -0.3 is 25.7 Å². The van der Waals surface area contributed by atoms with Gasteiger partial charge in [-0.3, -0.25) is 4.79 Å². The van der Waals surface area contributed by atoms with Gasteiger partial charge in [-0.1, -0.05) is 142 Å². The molecule has 0 aliphatic carbocycles. The molecule has 0 saturated carbocycles. The van der Waals surface area contributed by atoms with E-state index in [0.29, 0.717) is 12.8 Å². The second kappa shape index (κ2) is 25.9. The van der Waals surface area contributed by atoms with E-state index in [9.17, 15) is 25.2 Å². The van der Waals surface area contributed by atoms with Gasteiger partial charge in [0, 0.05) is 0 Å². The number of amides is 1. The monoisotopic (exact) mass is 515 g/mol. The predicted molar refractivity (Wildman–Crippen MR) is 150 cm³/mol. The molecule has 6 heteroatoms. The molecular weight excluding hydrogens is 454 g/mol. The van der Waals surface area contributed by atoms with E-state index in [1.165, 1.54) is 89.9 Å². The van der Waals surface area contributed by atoms with Crippen molar-refractivity contribution in [2.24, 2.45) is 0 Å². The highest BCUT2D eigenvalue weighted by molar-refractivity contribution is 5.80. The first kappa shape index (κ1) is 35.3. The molecule has 0 saturated heterocycles. The molecule has 0 bridgehead atoms. The average molecular weight is 516 g/mol. The predicted octanol–water partition coefficient (Wildman–Crippen LogP) is 6.17. The van der Waals surface area contributed by atoms with Gasteiger partial charge in [0.15, 0.2) is 0 Å². The van der Waals surface area contributed by atoms with E-state index in [-0.39, 0.29) is 0 Å². The van der Waals surface area contributed by atoms with Crippen LogP contribution in [0.4, 0.5) is 0 Å². The lowest BCUT2D eigenvalue weighted by Gasteiger charge is -2.27. The van der Waals surface area contributed by atoms with Gasteiger partial charge in [0.2, 0.25) is 5.91 Å². The van der Waals surface area contributed by atoms with Crippen LogP contribution < -0.4 is 5.32 Å². The molecule has 4 unspecified atom stereocenters. The number of carbonyl (C=O) groups is 1. The fraction of sp³-hybridized carbons (Fsp3) is 0.967. The van der Waals surface area contributed by atoms with Gasteiger partial charge >= 0.3 is 0 Å². The van der Waals surface area contributed by atoms with Gasteiger partial charge in [-0.15, -0.1) is 0 Å². The van der Waals surface area contributed by atoms with Crippen LogP contribution >= 0.6 is 0 Å². The molecule has 1 amide bonds. The van der Waals surface area contributed by atoms with Crippen molar-refractivity contribution in [1.29, 1.82) is 0 Å². The van der Waals surface area contributed by atoms with Crippen molar-refractivity contribution >= 4 is 5.91 Å². The van der Waals surface area contributed by atoms with Gasteiger partial charge in [0.1, 0.15) is 12.2 Å². The standard InChI is InChI=1S/C30H61NO5/c1-3-5-7-8-9-10-11-12-13-14-15-16-17-18-19-20-22-24-28(34)30(36)31-26(25-32)29(35)27(33)23-21-6-4-2/h26-29,32-35H,3-25H2,1-2H3,(H,31,36). The third-order valence-corrected chi connectivity index (χ3v) is 7.32. The second-order valence-corrected chi connectivity index (χ2v) is 10.8. The van der Waals surface area contributed by atoms with E-state index in [1.54, 1.807) is 0 Å². The van der Waals surface area contributed by atoms with Crippen LogP contribution in [0.1, 0.15) is 155 Å². The van der Waals surface area contributed by atoms with Crippen molar-refractivity contribution in [1.82, 2.24) is 5.32 Å². The highest BCUT2D eigenvalue weighted by atomic mass is 16.3. The van der Waals surface area contributed by atoms with E-state index in [0.717, 1.165) is 38.5 Å². The molecule has 0 radical (unpaired) electrons. The summed E-state index contributed by atoms with van der Waals surface area (Å²) >= 11 is 0. The Balaban J connectivity index is 3.66. The third-order valence-electron chi connectivity index (χ3n) is 7.32. The zero-order valence-corrected chi connectivity index (χ0v) is 23.8. The topological polar surface area (TPSA) is 110 Å². The van der Waals surface area contributed by atoms with Crippen LogP contribution in [-0.4, -0.2) is 57.3 Å². The molecule has 4 atom stereocenters. The first-order valence-corrected chi connectivity index (χ1v) is 15.4. The molecule has 0 spiro atoms. The second-order valence-electron chi connectivity index (χ2n) is 10.8. The van der Waals surface area contributed by atoms with Crippen LogP contribution in [0.25, 0.3) is 0 Å². The molecule has 0 aliphatic heterocycles. The number of hydrogen-bond acceptors (Lipinski definition) is 5. The number of hydrogen-bond donors (Lipinski definition) is 5. The van der Waals surface area contributed by atoms with Gasteiger partial charge in [-0.25, -0.2) is 0 Å². The van der Waals surface area contributed by atoms with E-state index in [1.807, 2.05) is 0 Å². The largest absolute Gasteiger partial charge is 0.394 e. The zero-order valence-electron chi connectivity index (χ0n) is 23.8. The van der Waals surface area contributed by atoms with Crippen LogP contribution in [0, 0.1) is 0 Å². The summed E-state index contributed by atoms with van der Waals surface area (Å²) in [5.41, 5.74) is 0. The van der Waals surface area contributed by atoms with Crippen molar-refractivity contribution in [2.45, 2.75) is 179 Å². The van der Waals surface area contributed by atoms with Crippen LogP contribution in [0.2, 0.25) is 0 Å². The maximum absolute atomic E-state index is 12.2. The van der Waals surface area contributed by atoms with Crippen molar-refractivity contribution in [3.8, 4) is 0 Å². The highest BCUT2D eigenvalue weighted by Gasteiger charge is 2.28. The quantitative estimate of drug-likeness (QED) is 0.0841. The Kier molecular flexibility index (Phi) is 25.4. The van der Waals surface area contributed by atoms with Crippen LogP contribution in [-0.2, 0) is 4.79 Å². The van der Waals surface area contributed by atoms with Gasteiger partial charge in [0.05, 0.1) is 18.8 Å². The van der Waals surface area contributed by atoms with E-state index < -0.39 is 36.9 Å². The summed E-state index contributed by atoms with van der Waals surface area (Å²) in [7, 11) is 0. The van der Waals surface area contributed by atoms with Gasteiger partial charge in [-0.2, -0.15) is 0 Å². The normalized spacial score (nSPS) is 14.9. The highest BCUT2D eigenvalue weighted by Crippen LogP contribution is 2.15. The molecule has 5 N–H and O–H groups in total. The van der Waals surface area contributed by atoms with Crippen LogP contribution in [0.15, 0.2) is 0 Å². The van der Waals surface area contributed by atoms with Gasteiger partial charge in [-0.05, 0) is 12.8 Å². The van der Waals surface area contributed by atoms with Crippen molar-refractivity contribution in [3.05, 3.63) is 0 Å². The molecule has 216 valence electrons. The number of aliphatic hydroxyl groups excluding tert-OH is 4. The lowest BCUT2D eigenvalue weighted by Crippen LogP contribution is -2.53. The average Bonchev–Trinajstić information content (AvgIpc) is 2.88. The lowest BCUT2D eigenvalue weighted by molar-refractivity contribution is -0.132. The Morgan fingerprint density at radius 2 is 0.944 bits per heavy atom.